The van der Waals surface area contributed by atoms with E-state index in [1.165, 1.54) is 26.9 Å². The molecule has 7 heteroatoms. The molecular weight excluding hydrogens is 326 g/mol. The number of hydrogen-bond acceptors (Lipinski definition) is 5. The Hall–Kier alpha value is -2.67. The molecule has 0 radical (unpaired) electrons. The molecule has 1 aromatic carbocycles. The molecule has 0 N–H and O–H groups in total. The van der Waals surface area contributed by atoms with Gasteiger partial charge in [-0.25, -0.2) is 18.8 Å². The SMILES string of the molecule is CCOC(=O)c1sc(-n2cnn(Cc3ccccc3)c2=O)cc1C. The minimum absolute atomic E-state index is 0.240. The van der Waals surface area contributed by atoms with Gasteiger partial charge in [-0.1, -0.05) is 30.3 Å². The third-order valence-electron chi connectivity index (χ3n) is 3.51. The summed E-state index contributed by atoms with van der Waals surface area (Å²) in [6.07, 6.45) is 1.48. The van der Waals surface area contributed by atoms with Gasteiger partial charge < -0.3 is 4.74 Å². The smallest absolute Gasteiger partial charge is 0.351 e. The normalized spacial score (nSPS) is 10.8. The van der Waals surface area contributed by atoms with E-state index < -0.39 is 0 Å². The Morgan fingerprint density at radius 3 is 2.75 bits per heavy atom. The lowest BCUT2D eigenvalue weighted by Crippen LogP contribution is -2.23. The van der Waals surface area contributed by atoms with Crippen LogP contribution in [0.5, 0.6) is 0 Å². The van der Waals surface area contributed by atoms with Crippen molar-refractivity contribution in [2.45, 2.75) is 20.4 Å². The van der Waals surface area contributed by atoms with Crippen LogP contribution in [0.25, 0.3) is 5.00 Å². The van der Waals surface area contributed by atoms with Gasteiger partial charge in [0.25, 0.3) is 0 Å². The lowest BCUT2D eigenvalue weighted by atomic mass is 10.2. The maximum absolute atomic E-state index is 12.5. The van der Waals surface area contributed by atoms with Crippen LogP contribution in [0.2, 0.25) is 0 Å². The van der Waals surface area contributed by atoms with Gasteiger partial charge in [0.1, 0.15) is 16.2 Å². The summed E-state index contributed by atoms with van der Waals surface area (Å²) in [4.78, 5) is 25.0. The zero-order valence-corrected chi connectivity index (χ0v) is 14.2. The molecule has 0 atom stereocenters. The first-order valence-corrected chi connectivity index (χ1v) is 8.38. The van der Waals surface area contributed by atoms with E-state index in [4.69, 9.17) is 4.74 Å². The number of ether oxygens (including phenoxy) is 1. The third kappa shape index (κ3) is 3.16. The third-order valence-corrected chi connectivity index (χ3v) is 4.73. The Morgan fingerprint density at radius 2 is 2.04 bits per heavy atom. The first kappa shape index (κ1) is 16.2. The lowest BCUT2D eigenvalue weighted by Gasteiger charge is -2.00. The number of thiophene rings is 1. The quantitative estimate of drug-likeness (QED) is 0.668. The highest BCUT2D eigenvalue weighted by atomic mass is 32.1. The zero-order chi connectivity index (χ0) is 17.1. The molecule has 0 spiro atoms. The molecule has 0 aliphatic heterocycles. The predicted molar refractivity (Wildman–Crippen MR) is 91.9 cm³/mol. The van der Waals surface area contributed by atoms with E-state index in [1.807, 2.05) is 37.3 Å². The van der Waals surface area contributed by atoms with Crippen LogP contribution in [0.3, 0.4) is 0 Å². The lowest BCUT2D eigenvalue weighted by molar-refractivity contribution is 0.0531. The van der Waals surface area contributed by atoms with Crippen LogP contribution in [-0.2, 0) is 11.3 Å². The Labute approximate surface area is 142 Å². The maximum Gasteiger partial charge on any atom is 0.351 e. The standard InChI is InChI=1S/C17H17N3O3S/c1-3-23-16(21)15-12(2)9-14(24-15)19-11-18-20(17(19)22)10-13-7-5-4-6-8-13/h4-9,11H,3,10H2,1-2H3. The number of esters is 1. The van der Waals surface area contributed by atoms with Gasteiger partial charge in [-0.05, 0) is 31.0 Å². The van der Waals surface area contributed by atoms with Gasteiger partial charge in [-0.2, -0.15) is 5.10 Å². The Bertz CT molecular complexity index is 909. The molecule has 3 aromatic rings. The molecule has 2 heterocycles. The van der Waals surface area contributed by atoms with Gasteiger partial charge in [0.2, 0.25) is 0 Å². The van der Waals surface area contributed by atoms with Gasteiger partial charge in [0, 0.05) is 0 Å². The fraction of sp³-hybridized carbons (Fsp3) is 0.235. The number of carbonyl (C=O) groups is 1. The molecule has 2 aromatic heterocycles. The first-order valence-electron chi connectivity index (χ1n) is 7.56. The van der Waals surface area contributed by atoms with E-state index in [9.17, 15) is 9.59 Å². The number of aromatic nitrogens is 3. The first-order chi connectivity index (χ1) is 11.6. The number of carbonyl (C=O) groups excluding carboxylic acids is 1. The minimum atomic E-state index is -0.365. The summed E-state index contributed by atoms with van der Waals surface area (Å²) in [7, 11) is 0. The number of rotatable bonds is 5. The molecule has 0 saturated carbocycles. The van der Waals surface area contributed by atoms with E-state index in [0.717, 1.165) is 11.1 Å². The van der Waals surface area contributed by atoms with Crippen molar-refractivity contribution in [1.82, 2.24) is 14.3 Å². The fourth-order valence-electron chi connectivity index (χ4n) is 2.34. The van der Waals surface area contributed by atoms with Gasteiger partial charge in [0.15, 0.2) is 0 Å². The molecule has 124 valence electrons. The molecule has 6 nitrogen and oxygen atoms in total. The molecule has 3 rings (SSSR count). The Morgan fingerprint density at radius 1 is 1.29 bits per heavy atom. The largest absolute Gasteiger partial charge is 0.462 e. The summed E-state index contributed by atoms with van der Waals surface area (Å²) in [5, 5.41) is 4.82. The average Bonchev–Trinajstić information content (AvgIpc) is 3.12. The molecule has 0 unspecified atom stereocenters. The van der Waals surface area contributed by atoms with Crippen molar-refractivity contribution < 1.29 is 9.53 Å². The van der Waals surface area contributed by atoms with Crippen LogP contribution in [-0.4, -0.2) is 26.9 Å². The molecule has 0 aliphatic rings. The van der Waals surface area contributed by atoms with E-state index in [-0.39, 0.29) is 11.7 Å². The van der Waals surface area contributed by atoms with Crippen molar-refractivity contribution >= 4 is 17.3 Å². The highest BCUT2D eigenvalue weighted by Gasteiger charge is 2.17. The van der Waals surface area contributed by atoms with Crippen molar-refractivity contribution in [2.75, 3.05) is 6.61 Å². The number of hydrogen-bond donors (Lipinski definition) is 0. The van der Waals surface area contributed by atoms with E-state index in [2.05, 4.69) is 5.10 Å². The summed E-state index contributed by atoms with van der Waals surface area (Å²) in [6, 6.07) is 11.5. The Balaban J connectivity index is 1.90. The molecule has 0 aliphatic carbocycles. The highest BCUT2D eigenvalue weighted by Crippen LogP contribution is 2.25. The average molecular weight is 343 g/mol. The second-order valence-electron chi connectivity index (χ2n) is 5.24. The van der Waals surface area contributed by atoms with Crippen molar-refractivity contribution in [3.63, 3.8) is 0 Å². The second-order valence-corrected chi connectivity index (χ2v) is 6.27. The number of aryl methyl sites for hydroxylation is 1. The zero-order valence-electron chi connectivity index (χ0n) is 13.4. The second kappa shape index (κ2) is 6.84. The Kier molecular flexibility index (Phi) is 4.61. The highest BCUT2D eigenvalue weighted by molar-refractivity contribution is 7.16. The molecule has 0 fully saturated rings. The summed E-state index contributed by atoms with van der Waals surface area (Å²) < 4.78 is 7.88. The van der Waals surface area contributed by atoms with E-state index in [0.29, 0.717) is 23.0 Å². The summed E-state index contributed by atoms with van der Waals surface area (Å²) >= 11 is 1.23. The predicted octanol–water partition coefficient (Wildman–Crippen LogP) is 2.63. The molecule has 0 bridgehead atoms. The molecule has 0 amide bonds. The van der Waals surface area contributed by atoms with Crippen molar-refractivity contribution in [3.8, 4) is 5.00 Å². The van der Waals surface area contributed by atoms with Crippen molar-refractivity contribution in [3.05, 3.63) is 69.2 Å². The minimum Gasteiger partial charge on any atom is -0.462 e. The van der Waals surface area contributed by atoms with E-state index >= 15 is 0 Å². The van der Waals surface area contributed by atoms with Crippen LogP contribution < -0.4 is 5.69 Å². The maximum atomic E-state index is 12.5. The topological polar surface area (TPSA) is 66.1 Å². The summed E-state index contributed by atoms with van der Waals surface area (Å²) in [5.41, 5.74) is 1.55. The molecular formula is C17H17N3O3S. The molecule has 24 heavy (non-hydrogen) atoms. The summed E-state index contributed by atoms with van der Waals surface area (Å²) in [6.45, 7) is 4.31. The van der Waals surface area contributed by atoms with Gasteiger partial charge in [-0.3, -0.25) is 0 Å². The number of nitrogens with zero attached hydrogens (tertiary/aromatic N) is 3. The molecule has 0 saturated heterocycles. The van der Waals surface area contributed by atoms with E-state index in [1.54, 1.807) is 13.0 Å². The van der Waals surface area contributed by atoms with Crippen molar-refractivity contribution in [2.24, 2.45) is 0 Å². The van der Waals surface area contributed by atoms with Crippen LogP contribution >= 0.6 is 11.3 Å². The van der Waals surface area contributed by atoms with Crippen LogP contribution in [0.4, 0.5) is 0 Å². The summed E-state index contributed by atoms with van der Waals surface area (Å²) in [5.74, 6) is -0.365. The number of benzene rings is 1. The van der Waals surface area contributed by atoms with Gasteiger partial charge >= 0.3 is 11.7 Å². The van der Waals surface area contributed by atoms with Crippen LogP contribution in [0.15, 0.2) is 47.5 Å². The van der Waals surface area contributed by atoms with Crippen molar-refractivity contribution in [1.29, 1.82) is 0 Å². The van der Waals surface area contributed by atoms with Gasteiger partial charge in [0.05, 0.1) is 13.2 Å². The monoisotopic (exact) mass is 343 g/mol. The van der Waals surface area contributed by atoms with Crippen LogP contribution in [0.1, 0.15) is 27.7 Å². The van der Waals surface area contributed by atoms with Gasteiger partial charge in [-0.15, -0.1) is 11.3 Å². The van der Waals surface area contributed by atoms with Crippen LogP contribution in [0, 0.1) is 6.92 Å². The fourth-order valence-corrected chi connectivity index (χ4v) is 3.37.